The molecule has 126 valence electrons. The van der Waals surface area contributed by atoms with Crippen molar-refractivity contribution in [1.82, 2.24) is 5.32 Å². The number of benzene rings is 2. The highest BCUT2D eigenvalue weighted by Gasteiger charge is 2.17. The lowest BCUT2D eigenvalue weighted by Crippen LogP contribution is -2.28. The van der Waals surface area contributed by atoms with Gasteiger partial charge in [0.2, 0.25) is 0 Å². The maximum Gasteiger partial charge on any atom is 0.251 e. The predicted molar refractivity (Wildman–Crippen MR) is 96.6 cm³/mol. The zero-order valence-electron chi connectivity index (χ0n) is 14.5. The fraction of sp³-hybridized carbons (Fsp3) is 0.381. The van der Waals surface area contributed by atoms with Crippen LogP contribution >= 0.6 is 0 Å². The Labute approximate surface area is 144 Å². The monoisotopic (exact) mass is 323 g/mol. The number of amides is 1. The van der Waals surface area contributed by atoms with Gasteiger partial charge in [-0.3, -0.25) is 4.79 Å². The molecule has 1 aliphatic carbocycles. The Morgan fingerprint density at radius 3 is 2.46 bits per heavy atom. The van der Waals surface area contributed by atoms with Crippen LogP contribution < -0.4 is 10.1 Å². The highest BCUT2D eigenvalue weighted by molar-refractivity contribution is 5.94. The molecule has 0 spiro atoms. The predicted octanol–water partition coefficient (Wildman–Crippen LogP) is 4.46. The molecular weight excluding hydrogens is 298 g/mol. The lowest BCUT2D eigenvalue weighted by atomic mass is 9.88. The first-order valence-electron chi connectivity index (χ1n) is 8.78. The molecule has 2 aromatic carbocycles. The van der Waals surface area contributed by atoms with Gasteiger partial charge >= 0.3 is 0 Å². The number of ether oxygens (including phenoxy) is 1. The summed E-state index contributed by atoms with van der Waals surface area (Å²) < 4.78 is 5.14. The molecule has 1 atom stereocenters. The SMILES string of the molecule is CC[C@H](NC(=O)c1ccc(OC)cc1)c1ccc2c(c1)CCCC2. The maximum atomic E-state index is 12.5. The summed E-state index contributed by atoms with van der Waals surface area (Å²) in [6.07, 6.45) is 5.78. The fourth-order valence-corrected chi connectivity index (χ4v) is 3.38. The number of rotatable bonds is 5. The van der Waals surface area contributed by atoms with Crippen LogP contribution in [0.15, 0.2) is 42.5 Å². The highest BCUT2D eigenvalue weighted by Crippen LogP contribution is 2.26. The smallest absolute Gasteiger partial charge is 0.251 e. The Kier molecular flexibility index (Phi) is 5.19. The molecule has 0 fully saturated rings. The van der Waals surface area contributed by atoms with E-state index >= 15 is 0 Å². The van der Waals surface area contributed by atoms with Gasteiger partial charge in [0.15, 0.2) is 0 Å². The summed E-state index contributed by atoms with van der Waals surface area (Å²) >= 11 is 0. The number of aryl methyl sites for hydroxylation is 2. The van der Waals surface area contributed by atoms with E-state index in [2.05, 4.69) is 30.4 Å². The molecule has 0 aliphatic heterocycles. The van der Waals surface area contributed by atoms with Crippen LogP contribution in [0, 0.1) is 0 Å². The highest BCUT2D eigenvalue weighted by atomic mass is 16.5. The Morgan fingerprint density at radius 1 is 1.08 bits per heavy atom. The zero-order chi connectivity index (χ0) is 16.9. The average Bonchev–Trinajstić information content (AvgIpc) is 2.65. The van der Waals surface area contributed by atoms with E-state index in [9.17, 15) is 4.79 Å². The van der Waals surface area contributed by atoms with E-state index in [1.807, 2.05) is 12.1 Å². The number of carbonyl (C=O) groups is 1. The van der Waals surface area contributed by atoms with E-state index in [1.54, 1.807) is 19.2 Å². The standard InChI is InChI=1S/C21H25NO2/c1-3-20(18-9-8-15-6-4-5-7-17(15)14-18)22-21(23)16-10-12-19(24-2)13-11-16/h8-14,20H,3-7H2,1-2H3,(H,22,23)/t20-/m0/s1. The van der Waals surface area contributed by atoms with Gasteiger partial charge in [-0.15, -0.1) is 0 Å². The van der Waals surface area contributed by atoms with Crippen LogP contribution in [0.3, 0.4) is 0 Å². The second-order valence-corrected chi connectivity index (χ2v) is 6.40. The second kappa shape index (κ2) is 7.52. The van der Waals surface area contributed by atoms with Gasteiger partial charge in [0.1, 0.15) is 5.75 Å². The van der Waals surface area contributed by atoms with Crippen LogP contribution in [0.2, 0.25) is 0 Å². The minimum Gasteiger partial charge on any atom is -0.497 e. The normalized spacial score (nSPS) is 14.6. The Hall–Kier alpha value is -2.29. The first kappa shape index (κ1) is 16.6. The van der Waals surface area contributed by atoms with E-state index < -0.39 is 0 Å². The molecule has 0 bridgehead atoms. The second-order valence-electron chi connectivity index (χ2n) is 6.40. The summed E-state index contributed by atoms with van der Waals surface area (Å²) in [5.74, 6) is 0.718. The quantitative estimate of drug-likeness (QED) is 0.882. The Balaban J connectivity index is 1.75. The largest absolute Gasteiger partial charge is 0.497 e. The van der Waals surface area contributed by atoms with Crippen molar-refractivity contribution in [3.05, 3.63) is 64.7 Å². The number of methoxy groups -OCH3 is 1. The number of hydrogen-bond donors (Lipinski definition) is 1. The molecule has 3 rings (SSSR count). The van der Waals surface area contributed by atoms with Crippen molar-refractivity contribution >= 4 is 5.91 Å². The molecule has 1 N–H and O–H groups in total. The molecule has 24 heavy (non-hydrogen) atoms. The first-order chi connectivity index (χ1) is 11.7. The van der Waals surface area contributed by atoms with Gasteiger partial charge in [0, 0.05) is 5.56 Å². The van der Waals surface area contributed by atoms with Crippen LogP contribution in [0.4, 0.5) is 0 Å². The molecule has 0 saturated heterocycles. The summed E-state index contributed by atoms with van der Waals surface area (Å²) in [7, 11) is 1.62. The van der Waals surface area contributed by atoms with Crippen molar-refractivity contribution in [3.8, 4) is 5.75 Å². The van der Waals surface area contributed by atoms with Gasteiger partial charge in [0.25, 0.3) is 5.91 Å². The molecule has 0 unspecified atom stereocenters. The zero-order valence-corrected chi connectivity index (χ0v) is 14.5. The molecule has 0 radical (unpaired) electrons. The van der Waals surface area contributed by atoms with Crippen LogP contribution in [-0.4, -0.2) is 13.0 Å². The third kappa shape index (κ3) is 3.61. The summed E-state index contributed by atoms with van der Waals surface area (Å²) in [4.78, 5) is 12.5. The van der Waals surface area contributed by atoms with E-state index in [0.717, 1.165) is 18.6 Å². The minimum atomic E-state index is -0.0396. The third-order valence-corrected chi connectivity index (χ3v) is 4.84. The Bertz CT molecular complexity index is 706. The van der Waals surface area contributed by atoms with E-state index in [-0.39, 0.29) is 11.9 Å². The summed E-state index contributed by atoms with van der Waals surface area (Å²) in [6.45, 7) is 2.11. The molecular formula is C21H25NO2. The van der Waals surface area contributed by atoms with Gasteiger partial charge in [-0.05, 0) is 73.1 Å². The molecule has 2 aromatic rings. The van der Waals surface area contributed by atoms with Crippen LogP contribution in [0.5, 0.6) is 5.75 Å². The summed E-state index contributed by atoms with van der Waals surface area (Å²) in [5, 5.41) is 3.16. The van der Waals surface area contributed by atoms with Gasteiger partial charge in [0.05, 0.1) is 13.2 Å². The number of carbonyl (C=O) groups excluding carboxylic acids is 1. The summed E-state index contributed by atoms with van der Waals surface area (Å²) in [5.41, 5.74) is 4.80. The van der Waals surface area contributed by atoms with E-state index in [4.69, 9.17) is 4.74 Å². The Morgan fingerprint density at radius 2 is 1.79 bits per heavy atom. The van der Waals surface area contributed by atoms with Crippen molar-refractivity contribution in [1.29, 1.82) is 0 Å². The first-order valence-corrected chi connectivity index (χ1v) is 8.78. The number of fused-ring (bicyclic) bond motifs is 1. The average molecular weight is 323 g/mol. The van der Waals surface area contributed by atoms with Crippen molar-refractivity contribution in [2.24, 2.45) is 0 Å². The number of hydrogen-bond acceptors (Lipinski definition) is 2. The van der Waals surface area contributed by atoms with Crippen molar-refractivity contribution in [3.63, 3.8) is 0 Å². The fourth-order valence-electron chi connectivity index (χ4n) is 3.38. The molecule has 3 heteroatoms. The van der Waals surface area contributed by atoms with Crippen LogP contribution in [0.25, 0.3) is 0 Å². The lowest BCUT2D eigenvalue weighted by Gasteiger charge is -2.22. The van der Waals surface area contributed by atoms with Gasteiger partial charge in [-0.2, -0.15) is 0 Å². The molecule has 3 nitrogen and oxygen atoms in total. The van der Waals surface area contributed by atoms with Gasteiger partial charge in [-0.25, -0.2) is 0 Å². The van der Waals surface area contributed by atoms with E-state index in [0.29, 0.717) is 5.56 Å². The molecule has 0 saturated carbocycles. The van der Waals surface area contributed by atoms with Crippen molar-refractivity contribution in [2.75, 3.05) is 7.11 Å². The molecule has 0 aromatic heterocycles. The van der Waals surface area contributed by atoms with Crippen molar-refractivity contribution < 1.29 is 9.53 Å². The maximum absolute atomic E-state index is 12.5. The van der Waals surface area contributed by atoms with Crippen LogP contribution in [0.1, 0.15) is 59.3 Å². The molecule has 1 aliphatic rings. The van der Waals surface area contributed by atoms with E-state index in [1.165, 1.54) is 36.0 Å². The van der Waals surface area contributed by atoms with Crippen LogP contribution in [-0.2, 0) is 12.8 Å². The topological polar surface area (TPSA) is 38.3 Å². The lowest BCUT2D eigenvalue weighted by molar-refractivity contribution is 0.0935. The third-order valence-electron chi connectivity index (χ3n) is 4.84. The summed E-state index contributed by atoms with van der Waals surface area (Å²) in [6, 6.07) is 14.0. The van der Waals surface area contributed by atoms with Crippen molar-refractivity contribution in [2.45, 2.75) is 45.1 Å². The number of nitrogens with one attached hydrogen (secondary N) is 1. The van der Waals surface area contributed by atoms with Gasteiger partial charge < -0.3 is 10.1 Å². The minimum absolute atomic E-state index is 0.0396. The molecule has 0 heterocycles. The molecule has 1 amide bonds. The van der Waals surface area contributed by atoms with Gasteiger partial charge in [-0.1, -0.05) is 25.1 Å².